The lowest BCUT2D eigenvalue weighted by molar-refractivity contribution is 0.590. The third kappa shape index (κ3) is 3.04. The summed E-state index contributed by atoms with van der Waals surface area (Å²) in [5, 5.41) is 0. The van der Waals surface area contributed by atoms with E-state index in [1.54, 1.807) is 0 Å². The SMILES string of the molecule is Cc1ccc(N(C)c2ccc(C(C)(C)C)cc2)c(C)c1. The van der Waals surface area contributed by atoms with Crippen molar-refractivity contribution >= 4 is 11.4 Å². The van der Waals surface area contributed by atoms with Crippen molar-refractivity contribution in [2.45, 2.75) is 40.0 Å². The number of benzene rings is 2. The van der Waals surface area contributed by atoms with Gasteiger partial charge in [-0.3, -0.25) is 0 Å². The lowest BCUT2D eigenvalue weighted by Crippen LogP contribution is -2.13. The van der Waals surface area contributed by atoms with Crippen LogP contribution < -0.4 is 4.90 Å². The Morgan fingerprint density at radius 3 is 1.95 bits per heavy atom. The maximum Gasteiger partial charge on any atom is 0.0437 e. The fourth-order valence-corrected chi connectivity index (χ4v) is 2.51. The molecule has 106 valence electrons. The summed E-state index contributed by atoms with van der Waals surface area (Å²) in [6, 6.07) is 15.5. The smallest absolute Gasteiger partial charge is 0.0437 e. The molecular formula is C19H25N. The van der Waals surface area contributed by atoms with E-state index in [0.29, 0.717) is 0 Å². The van der Waals surface area contributed by atoms with Crippen molar-refractivity contribution in [3.63, 3.8) is 0 Å². The lowest BCUT2D eigenvalue weighted by Gasteiger charge is -2.24. The molecule has 0 spiro atoms. The van der Waals surface area contributed by atoms with Gasteiger partial charge >= 0.3 is 0 Å². The molecule has 0 aliphatic carbocycles. The minimum Gasteiger partial charge on any atom is -0.344 e. The molecule has 2 aromatic rings. The van der Waals surface area contributed by atoms with Gasteiger partial charge in [0.05, 0.1) is 0 Å². The molecule has 0 aliphatic rings. The first-order valence-corrected chi connectivity index (χ1v) is 7.20. The molecule has 0 saturated heterocycles. The van der Waals surface area contributed by atoms with E-state index in [2.05, 4.69) is 89.0 Å². The Morgan fingerprint density at radius 1 is 0.850 bits per heavy atom. The van der Waals surface area contributed by atoms with Gasteiger partial charge in [0, 0.05) is 18.4 Å². The summed E-state index contributed by atoms with van der Waals surface area (Å²) in [6.45, 7) is 11.0. The van der Waals surface area contributed by atoms with Crippen LogP contribution in [0, 0.1) is 13.8 Å². The molecule has 0 heterocycles. The van der Waals surface area contributed by atoms with Crippen molar-refractivity contribution in [3.05, 3.63) is 59.2 Å². The van der Waals surface area contributed by atoms with Crippen LogP contribution in [0.3, 0.4) is 0 Å². The van der Waals surface area contributed by atoms with E-state index in [1.165, 1.54) is 28.1 Å². The molecular weight excluding hydrogens is 242 g/mol. The maximum absolute atomic E-state index is 2.25. The molecule has 0 saturated carbocycles. The minimum absolute atomic E-state index is 0.205. The van der Waals surface area contributed by atoms with Gasteiger partial charge in [-0.15, -0.1) is 0 Å². The Kier molecular flexibility index (Phi) is 3.89. The molecule has 20 heavy (non-hydrogen) atoms. The molecule has 0 aliphatic heterocycles. The zero-order valence-electron chi connectivity index (χ0n) is 13.5. The summed E-state index contributed by atoms with van der Waals surface area (Å²) in [5.41, 5.74) is 6.69. The third-order valence-corrected chi connectivity index (χ3v) is 3.83. The fourth-order valence-electron chi connectivity index (χ4n) is 2.51. The topological polar surface area (TPSA) is 3.24 Å². The van der Waals surface area contributed by atoms with Crippen molar-refractivity contribution in [2.75, 3.05) is 11.9 Å². The van der Waals surface area contributed by atoms with Gasteiger partial charge in [0.25, 0.3) is 0 Å². The highest BCUT2D eigenvalue weighted by atomic mass is 15.1. The number of anilines is 2. The molecule has 0 unspecified atom stereocenters. The zero-order valence-corrected chi connectivity index (χ0v) is 13.5. The quantitative estimate of drug-likeness (QED) is 0.707. The summed E-state index contributed by atoms with van der Waals surface area (Å²) in [4.78, 5) is 2.25. The van der Waals surface area contributed by atoms with Gasteiger partial charge in [-0.1, -0.05) is 50.6 Å². The largest absolute Gasteiger partial charge is 0.344 e. The molecule has 0 N–H and O–H groups in total. The average molecular weight is 267 g/mol. The van der Waals surface area contributed by atoms with Crippen LogP contribution in [0.15, 0.2) is 42.5 Å². The van der Waals surface area contributed by atoms with Gasteiger partial charge in [0.15, 0.2) is 0 Å². The van der Waals surface area contributed by atoms with Gasteiger partial charge in [0.1, 0.15) is 0 Å². The standard InChI is InChI=1S/C19H25N/c1-14-7-12-18(15(2)13-14)20(6)17-10-8-16(9-11-17)19(3,4)5/h7-13H,1-6H3. The second-order valence-corrected chi connectivity index (χ2v) is 6.65. The van der Waals surface area contributed by atoms with Gasteiger partial charge < -0.3 is 4.90 Å². The van der Waals surface area contributed by atoms with Gasteiger partial charge in [-0.2, -0.15) is 0 Å². The first-order chi connectivity index (χ1) is 9.29. The number of rotatable bonds is 2. The monoisotopic (exact) mass is 267 g/mol. The van der Waals surface area contributed by atoms with Gasteiger partial charge in [-0.25, -0.2) is 0 Å². The van der Waals surface area contributed by atoms with E-state index < -0.39 is 0 Å². The lowest BCUT2D eigenvalue weighted by atomic mass is 9.87. The predicted molar refractivity (Wildman–Crippen MR) is 89.1 cm³/mol. The molecule has 0 fully saturated rings. The van der Waals surface area contributed by atoms with E-state index in [-0.39, 0.29) is 5.41 Å². The number of nitrogens with zero attached hydrogens (tertiary/aromatic N) is 1. The van der Waals surface area contributed by atoms with E-state index in [9.17, 15) is 0 Å². The van der Waals surface area contributed by atoms with E-state index >= 15 is 0 Å². The van der Waals surface area contributed by atoms with Crippen molar-refractivity contribution in [1.29, 1.82) is 0 Å². The summed E-state index contributed by atoms with van der Waals surface area (Å²) in [7, 11) is 2.13. The van der Waals surface area contributed by atoms with Gasteiger partial charge in [0.2, 0.25) is 0 Å². The predicted octanol–water partition coefficient (Wildman–Crippen LogP) is 5.37. The van der Waals surface area contributed by atoms with Crippen molar-refractivity contribution in [2.24, 2.45) is 0 Å². The molecule has 2 aromatic carbocycles. The van der Waals surface area contributed by atoms with Crippen molar-refractivity contribution < 1.29 is 0 Å². The number of hydrogen-bond donors (Lipinski definition) is 0. The van der Waals surface area contributed by atoms with E-state index in [0.717, 1.165) is 0 Å². The van der Waals surface area contributed by atoms with E-state index in [4.69, 9.17) is 0 Å². The number of hydrogen-bond acceptors (Lipinski definition) is 1. The second kappa shape index (κ2) is 5.32. The third-order valence-electron chi connectivity index (χ3n) is 3.83. The highest BCUT2D eigenvalue weighted by molar-refractivity contribution is 5.66. The molecule has 0 amide bonds. The minimum atomic E-state index is 0.205. The van der Waals surface area contributed by atoms with Crippen LogP contribution in [0.1, 0.15) is 37.5 Å². The Balaban J connectivity index is 2.31. The summed E-state index contributed by atoms with van der Waals surface area (Å²) in [6.07, 6.45) is 0. The Hall–Kier alpha value is -1.76. The first kappa shape index (κ1) is 14.6. The molecule has 0 aromatic heterocycles. The van der Waals surface area contributed by atoms with Crippen molar-refractivity contribution in [3.8, 4) is 0 Å². The molecule has 0 radical (unpaired) electrons. The maximum atomic E-state index is 2.25. The first-order valence-electron chi connectivity index (χ1n) is 7.20. The summed E-state index contributed by atoms with van der Waals surface area (Å²) >= 11 is 0. The highest BCUT2D eigenvalue weighted by Gasteiger charge is 2.14. The Morgan fingerprint density at radius 2 is 1.45 bits per heavy atom. The zero-order chi connectivity index (χ0) is 14.9. The normalized spacial score (nSPS) is 11.5. The Bertz CT molecular complexity index is 588. The summed E-state index contributed by atoms with van der Waals surface area (Å²) in [5.74, 6) is 0. The Labute approximate surface area is 123 Å². The number of aryl methyl sites for hydroxylation is 2. The van der Waals surface area contributed by atoms with Crippen LogP contribution in [0.5, 0.6) is 0 Å². The highest BCUT2D eigenvalue weighted by Crippen LogP contribution is 2.29. The fraction of sp³-hybridized carbons (Fsp3) is 0.368. The van der Waals surface area contributed by atoms with Crippen LogP contribution in [0.2, 0.25) is 0 Å². The van der Waals surface area contributed by atoms with Crippen LogP contribution in [-0.2, 0) is 5.41 Å². The summed E-state index contributed by atoms with van der Waals surface area (Å²) < 4.78 is 0. The van der Waals surface area contributed by atoms with Crippen molar-refractivity contribution in [1.82, 2.24) is 0 Å². The molecule has 0 bridgehead atoms. The molecule has 1 nitrogen and oxygen atoms in total. The second-order valence-electron chi connectivity index (χ2n) is 6.65. The molecule has 2 rings (SSSR count). The van der Waals surface area contributed by atoms with Crippen LogP contribution in [0.4, 0.5) is 11.4 Å². The van der Waals surface area contributed by atoms with Gasteiger partial charge in [-0.05, 0) is 48.6 Å². The van der Waals surface area contributed by atoms with Crippen LogP contribution in [-0.4, -0.2) is 7.05 Å². The average Bonchev–Trinajstić information content (AvgIpc) is 2.37. The van der Waals surface area contributed by atoms with Crippen LogP contribution in [0.25, 0.3) is 0 Å². The molecule has 1 heteroatoms. The van der Waals surface area contributed by atoms with E-state index in [1.807, 2.05) is 0 Å². The van der Waals surface area contributed by atoms with Crippen LogP contribution >= 0.6 is 0 Å². The molecule has 0 atom stereocenters.